The first-order chi connectivity index (χ1) is 37.0. The summed E-state index contributed by atoms with van der Waals surface area (Å²) in [4.78, 5) is 19.6. The fourth-order valence-electron chi connectivity index (χ4n) is 11.1. The number of aryl methyl sites for hydroxylation is 4. The van der Waals surface area contributed by atoms with Gasteiger partial charge in [-0.2, -0.15) is 0 Å². The number of hydrogen-bond donors (Lipinski definition) is 2. The van der Waals surface area contributed by atoms with Crippen LogP contribution in [0.5, 0.6) is 0 Å². The highest BCUT2D eigenvalue weighted by atomic mass is 28.3. The van der Waals surface area contributed by atoms with E-state index in [2.05, 4.69) is 228 Å². The van der Waals surface area contributed by atoms with E-state index in [-0.39, 0.29) is 10.8 Å². The van der Waals surface area contributed by atoms with Crippen LogP contribution >= 0.6 is 0 Å². The Bertz CT molecular complexity index is 3800. The van der Waals surface area contributed by atoms with Crippen molar-refractivity contribution in [2.45, 2.75) is 153 Å². The monoisotopic (exact) mass is 1040 g/mol. The fraction of sp³-hybridized carbons (Fsp3) is 0.315. The first-order valence-electron chi connectivity index (χ1n) is 28.2. The van der Waals surface area contributed by atoms with Crippen molar-refractivity contribution in [2.24, 2.45) is 0 Å². The molecule has 2 N–H and O–H groups in total. The van der Waals surface area contributed by atoms with Crippen LogP contribution in [0.2, 0.25) is 19.6 Å². The zero-order valence-electron chi connectivity index (χ0n) is 49.5. The summed E-state index contributed by atoms with van der Waals surface area (Å²) in [5.41, 5.74) is 33.8. The fourth-order valence-corrected chi connectivity index (χ4v) is 11.6. The molecule has 0 aliphatic carbocycles. The van der Waals surface area contributed by atoms with Crippen LogP contribution in [0.1, 0.15) is 180 Å². The van der Waals surface area contributed by atoms with Crippen molar-refractivity contribution in [3.8, 4) is 57.4 Å². The third kappa shape index (κ3) is 11.2. The van der Waals surface area contributed by atoms with Crippen molar-refractivity contribution in [1.82, 2.24) is 19.9 Å². The van der Waals surface area contributed by atoms with E-state index >= 15 is 0 Å². The van der Waals surface area contributed by atoms with Crippen LogP contribution in [0.4, 0.5) is 0 Å². The molecule has 4 aromatic carbocycles. The summed E-state index contributed by atoms with van der Waals surface area (Å²) in [7, 11) is -1.43. The molecule has 3 aromatic heterocycles. The number of nitrogens with zero attached hydrogens (tertiary/aromatic N) is 2. The molecule has 5 heteroatoms. The lowest BCUT2D eigenvalue weighted by molar-refractivity contribution is 0.569. The smallest absolute Gasteiger partial charge is 0.129 e. The summed E-state index contributed by atoms with van der Waals surface area (Å²) in [5.74, 6) is 16.8. The topological polar surface area (TPSA) is 57.4 Å². The van der Waals surface area contributed by atoms with Gasteiger partial charge < -0.3 is 9.97 Å². The molecule has 0 atom stereocenters. The van der Waals surface area contributed by atoms with Crippen LogP contribution < -0.4 is 0 Å². The predicted molar refractivity (Wildman–Crippen MR) is 338 cm³/mol. The number of benzene rings is 4. The van der Waals surface area contributed by atoms with Gasteiger partial charge in [-0.25, -0.2) is 9.97 Å². The van der Waals surface area contributed by atoms with Gasteiger partial charge in [0, 0.05) is 50.0 Å². The Morgan fingerprint density at radius 1 is 0.436 bits per heavy atom. The van der Waals surface area contributed by atoms with Crippen LogP contribution in [0.15, 0.2) is 103 Å². The summed E-state index contributed by atoms with van der Waals surface area (Å²) in [6, 6.07) is 37.0. The SMILES string of the molecule is CCC1=C(C)c2nc1cc1[nH]c(c(C)c1CC)c(-c1cc(C(C)(C)C)cc(C(C)(C)C)c1)c1[nH]c(cc3nc(c2-c2ccc(C#Cc4ccc(C#Cc5ccc(C#C[Si](C)(C)C)cc5)cc4)cc2)C(C)=C3CC)c(CC)c1C. The molecule has 4 nitrogen and oxygen atoms in total. The number of aromatic nitrogens is 4. The number of nitrogens with one attached hydrogen (secondary N) is 2. The minimum Gasteiger partial charge on any atom is -0.354 e. The molecule has 2 aliphatic heterocycles. The van der Waals surface area contributed by atoms with Gasteiger partial charge in [-0.1, -0.05) is 149 Å². The lowest BCUT2D eigenvalue weighted by atomic mass is 9.78. The van der Waals surface area contributed by atoms with E-state index < -0.39 is 8.07 Å². The van der Waals surface area contributed by atoms with E-state index in [4.69, 9.17) is 9.97 Å². The molecule has 0 saturated carbocycles. The van der Waals surface area contributed by atoms with Gasteiger partial charge in [0.05, 0.1) is 33.8 Å². The molecule has 394 valence electrons. The van der Waals surface area contributed by atoms with Gasteiger partial charge in [0.15, 0.2) is 0 Å². The third-order valence-electron chi connectivity index (χ3n) is 15.7. The average molecular weight is 1040 g/mol. The van der Waals surface area contributed by atoms with Crippen LogP contribution in [0.25, 0.3) is 66.6 Å². The molecule has 0 saturated heterocycles. The Labute approximate surface area is 467 Å². The van der Waals surface area contributed by atoms with Gasteiger partial charge in [-0.3, -0.25) is 0 Å². The Morgan fingerprint density at radius 3 is 1.13 bits per heavy atom. The van der Waals surface area contributed by atoms with E-state index in [0.29, 0.717) is 0 Å². The Hall–Kier alpha value is -7.62. The minimum absolute atomic E-state index is 0.0495. The molecule has 78 heavy (non-hydrogen) atoms. The number of rotatable bonds is 6. The molecule has 8 bridgehead atoms. The van der Waals surface area contributed by atoms with Gasteiger partial charge in [-0.05, 0) is 204 Å². The van der Waals surface area contributed by atoms with Crippen LogP contribution in [0.3, 0.4) is 0 Å². The average Bonchev–Trinajstić information content (AvgIpc) is 4.19. The second-order valence-electron chi connectivity index (χ2n) is 24.4. The zero-order valence-corrected chi connectivity index (χ0v) is 50.5. The number of H-pyrrole nitrogens is 2. The molecular formula is C73H78N4Si. The Morgan fingerprint density at radius 2 is 0.795 bits per heavy atom. The largest absolute Gasteiger partial charge is 0.354 e. The first kappa shape index (κ1) is 55.1. The summed E-state index contributed by atoms with van der Waals surface area (Å²) in [5, 5.41) is 0. The Kier molecular flexibility index (Phi) is 15.3. The summed E-state index contributed by atoms with van der Waals surface area (Å²) >= 11 is 0. The van der Waals surface area contributed by atoms with E-state index in [1.165, 1.54) is 66.8 Å². The van der Waals surface area contributed by atoms with Gasteiger partial charge in [-0.15, -0.1) is 5.54 Å². The summed E-state index contributed by atoms with van der Waals surface area (Å²) in [6.07, 6.45) is 3.45. The molecule has 0 radical (unpaired) electrons. The van der Waals surface area contributed by atoms with Crippen molar-refractivity contribution in [2.75, 3.05) is 0 Å². The third-order valence-corrected chi connectivity index (χ3v) is 16.5. The van der Waals surface area contributed by atoms with Crippen molar-refractivity contribution in [3.05, 3.63) is 187 Å². The highest BCUT2D eigenvalue weighted by molar-refractivity contribution is 6.83. The number of fused-ring (bicyclic) bond motifs is 8. The van der Waals surface area contributed by atoms with Gasteiger partial charge in [0.2, 0.25) is 0 Å². The van der Waals surface area contributed by atoms with Crippen LogP contribution in [-0.4, -0.2) is 28.0 Å². The van der Waals surface area contributed by atoms with E-state index in [0.717, 1.165) is 109 Å². The first-order valence-corrected chi connectivity index (χ1v) is 31.7. The summed E-state index contributed by atoms with van der Waals surface area (Å²) in [6.45, 7) is 38.9. The van der Waals surface area contributed by atoms with E-state index in [1.807, 2.05) is 36.4 Å². The van der Waals surface area contributed by atoms with Gasteiger partial charge in [0.25, 0.3) is 0 Å². The quantitative estimate of drug-likeness (QED) is 0.129. The second-order valence-corrected chi connectivity index (χ2v) is 29.2. The molecule has 5 heterocycles. The van der Waals surface area contributed by atoms with Crippen LogP contribution in [-0.2, 0) is 23.7 Å². The lowest BCUT2D eigenvalue weighted by Gasteiger charge is -2.26. The molecule has 0 spiro atoms. The molecule has 9 rings (SSSR count). The maximum Gasteiger partial charge on any atom is 0.129 e. The van der Waals surface area contributed by atoms with Crippen molar-refractivity contribution in [3.63, 3.8) is 0 Å². The van der Waals surface area contributed by atoms with Gasteiger partial charge in [0.1, 0.15) is 8.07 Å². The predicted octanol–water partition coefficient (Wildman–Crippen LogP) is 18.7. The number of hydrogen-bond acceptors (Lipinski definition) is 2. The molecule has 7 aromatic rings. The Balaban J connectivity index is 1.21. The number of allylic oxidation sites excluding steroid dienone is 4. The van der Waals surface area contributed by atoms with Crippen molar-refractivity contribution >= 4 is 52.4 Å². The maximum atomic E-state index is 5.68. The van der Waals surface area contributed by atoms with Crippen LogP contribution in [0, 0.1) is 49.0 Å². The van der Waals surface area contributed by atoms with Gasteiger partial charge >= 0.3 is 0 Å². The highest BCUT2D eigenvalue weighted by Gasteiger charge is 2.28. The normalized spacial score (nSPS) is 12.7. The zero-order chi connectivity index (χ0) is 56.0. The molecule has 0 unspecified atom stereocenters. The van der Waals surface area contributed by atoms with E-state index in [9.17, 15) is 0 Å². The van der Waals surface area contributed by atoms with E-state index in [1.54, 1.807) is 0 Å². The van der Waals surface area contributed by atoms with Crippen molar-refractivity contribution < 1.29 is 0 Å². The second kappa shape index (κ2) is 21.7. The molecular weight excluding hydrogens is 961 g/mol. The molecule has 0 fully saturated rings. The molecule has 0 amide bonds. The standard InChI is InChI=1S/C73H78N4Si/c1-18-58-45(5)68-66(54-36-34-52(35-37-54)29-28-50-24-22-49(23-25-50)26-27-51-30-32-53(33-31-51)38-39-78(15,16)17)69-46(6)59(19-2)63(75-69)44-65-61(21-4)48(8)71(77-65)67(70-47(7)60(20-3)64(76-70)43-62(58)74-68)55-40-56(72(9,10)11)42-57(41-55)73(12,13)14/h22-25,30-37,40-44,76-77H,18-21H2,1-17H3. The number of aromatic amines is 2. The van der Waals surface area contributed by atoms with Crippen molar-refractivity contribution in [1.29, 1.82) is 0 Å². The summed E-state index contributed by atoms with van der Waals surface area (Å²) < 4.78 is 0. The maximum absolute atomic E-state index is 5.68. The minimum atomic E-state index is -1.43. The lowest BCUT2D eigenvalue weighted by Crippen LogP contribution is -2.16. The molecule has 2 aliphatic rings. The highest BCUT2D eigenvalue weighted by Crippen LogP contribution is 2.45.